The van der Waals surface area contributed by atoms with E-state index in [1.807, 2.05) is 0 Å². The number of carbonyl (C=O) groups excluding carboxylic acids is 1. The number of nitrogens with one attached hydrogen (secondary N) is 1. The highest BCUT2D eigenvalue weighted by Crippen LogP contribution is 2.57. The average Bonchev–Trinajstić information content (AvgIpc) is 2.81. The molecule has 12 heteroatoms. The molecule has 5 rings (SSSR count). The summed E-state index contributed by atoms with van der Waals surface area (Å²) >= 11 is 6.15. The van der Waals surface area contributed by atoms with Crippen LogP contribution in [-0.4, -0.2) is 52.7 Å². The molecule has 0 heterocycles. The third kappa shape index (κ3) is 4.33. The van der Waals surface area contributed by atoms with Crippen LogP contribution >= 0.6 is 11.6 Å². The number of aliphatic hydroxyl groups excluding tert-OH is 2. The van der Waals surface area contributed by atoms with Crippen molar-refractivity contribution in [2.45, 2.75) is 54.1 Å². The predicted molar refractivity (Wildman–Crippen MR) is 120 cm³/mol. The quantitative estimate of drug-likeness (QED) is 0.423. The number of halogens is 4. The molecule has 7 nitrogen and oxygen atoms in total. The van der Waals surface area contributed by atoms with Gasteiger partial charge in [-0.1, -0.05) is 11.6 Å². The SMILES string of the molecule is C[C@@H](O)[C@H](O)[C@]1(O)C2CC1C[C@@H](S(=O)(=O)c1cc(C(=O)Nc3cc(F)c(F)c(F)c3)ccc1Cl)C2. The molecule has 0 aliphatic heterocycles. The number of rotatable bonds is 6. The minimum absolute atomic E-state index is 0.0278. The first-order valence-electron chi connectivity index (χ1n) is 10.8. The molecule has 0 aromatic heterocycles. The summed E-state index contributed by atoms with van der Waals surface area (Å²) < 4.78 is 66.8. The second-order valence-corrected chi connectivity index (χ2v) is 11.8. The Kier molecular flexibility index (Phi) is 6.69. The Morgan fingerprint density at radius 2 is 1.66 bits per heavy atom. The molecule has 2 bridgehead atoms. The standard InChI is InChI=1S/C23H23ClF3NO6S/c1-10(29)21(30)23(32)12-5-13(23)7-15(6-12)35(33,34)19-4-11(2-3-16(19)24)22(31)28-14-8-17(25)20(27)18(26)9-14/h2-4,8-10,12-13,15,21,29-30,32H,5-7H2,1H3,(H,28,31)/t10-,12?,13?,15-,21+,23-/m1/s1. The summed E-state index contributed by atoms with van der Waals surface area (Å²) in [5, 5.41) is 31.9. The number of sulfone groups is 1. The summed E-state index contributed by atoms with van der Waals surface area (Å²) in [7, 11) is -4.08. The molecular weight excluding hydrogens is 511 g/mol. The molecule has 0 radical (unpaired) electrons. The first-order valence-corrected chi connectivity index (χ1v) is 12.8. The molecule has 4 N–H and O–H groups in total. The van der Waals surface area contributed by atoms with Crippen LogP contribution in [0.3, 0.4) is 0 Å². The van der Waals surface area contributed by atoms with Crippen LogP contribution in [0.15, 0.2) is 35.2 Å². The Bertz CT molecular complexity index is 1250. The molecule has 3 aliphatic rings. The van der Waals surface area contributed by atoms with E-state index < -0.39 is 68.1 Å². The zero-order chi connectivity index (χ0) is 25.9. The normalized spacial score (nSPS) is 27.6. The number of fused-ring (bicyclic) bond motifs is 2. The summed E-state index contributed by atoms with van der Waals surface area (Å²) in [5.41, 5.74) is -2.11. The van der Waals surface area contributed by atoms with Gasteiger partial charge in [-0.25, -0.2) is 21.6 Å². The third-order valence-electron chi connectivity index (χ3n) is 7.08. The molecule has 3 saturated carbocycles. The Hall–Kier alpha value is -2.18. The van der Waals surface area contributed by atoms with Gasteiger partial charge in [-0.15, -0.1) is 0 Å². The molecule has 3 fully saturated rings. The zero-order valence-corrected chi connectivity index (χ0v) is 20.0. The lowest BCUT2D eigenvalue weighted by Crippen LogP contribution is -2.69. The van der Waals surface area contributed by atoms with Gasteiger partial charge < -0.3 is 20.6 Å². The summed E-state index contributed by atoms with van der Waals surface area (Å²) in [6.07, 6.45) is -2.04. The predicted octanol–water partition coefficient (Wildman–Crippen LogP) is 3.05. The van der Waals surface area contributed by atoms with Crippen LogP contribution in [0.1, 0.15) is 36.5 Å². The summed E-state index contributed by atoms with van der Waals surface area (Å²) in [4.78, 5) is 12.3. The molecule has 35 heavy (non-hydrogen) atoms. The molecule has 3 aliphatic carbocycles. The van der Waals surface area contributed by atoms with Crippen LogP contribution in [0.4, 0.5) is 18.9 Å². The van der Waals surface area contributed by atoms with Gasteiger partial charge in [0.05, 0.1) is 26.9 Å². The molecule has 4 atom stereocenters. The minimum atomic E-state index is -4.08. The number of anilines is 1. The number of hydrogen-bond acceptors (Lipinski definition) is 6. The van der Waals surface area contributed by atoms with Crippen molar-refractivity contribution in [3.8, 4) is 0 Å². The second kappa shape index (κ2) is 9.04. The molecule has 2 unspecified atom stereocenters. The Morgan fingerprint density at radius 3 is 2.20 bits per heavy atom. The summed E-state index contributed by atoms with van der Waals surface area (Å²) in [5.74, 6) is -6.68. The fourth-order valence-electron chi connectivity index (χ4n) is 5.19. The van der Waals surface area contributed by atoms with E-state index in [2.05, 4.69) is 5.32 Å². The Balaban J connectivity index is 1.57. The lowest BCUT2D eigenvalue weighted by Gasteiger charge is -2.60. The fourth-order valence-corrected chi connectivity index (χ4v) is 7.59. The maximum Gasteiger partial charge on any atom is 0.255 e. The van der Waals surface area contributed by atoms with Gasteiger partial charge in [-0.05, 0) is 56.2 Å². The monoisotopic (exact) mass is 533 g/mol. The van der Waals surface area contributed by atoms with E-state index in [0.29, 0.717) is 18.6 Å². The van der Waals surface area contributed by atoms with E-state index in [4.69, 9.17) is 11.6 Å². The Morgan fingerprint density at radius 1 is 1.09 bits per heavy atom. The minimum Gasteiger partial charge on any atom is -0.391 e. The van der Waals surface area contributed by atoms with Gasteiger partial charge in [-0.3, -0.25) is 4.79 Å². The summed E-state index contributed by atoms with van der Waals surface area (Å²) in [6, 6.07) is 4.64. The zero-order valence-electron chi connectivity index (χ0n) is 18.4. The molecule has 0 saturated heterocycles. The van der Waals surface area contributed by atoms with Gasteiger partial charge >= 0.3 is 0 Å². The van der Waals surface area contributed by atoms with Crippen molar-refractivity contribution in [2.75, 3.05) is 5.32 Å². The number of benzene rings is 2. The Labute approximate surface area is 204 Å². The number of hydrogen-bond donors (Lipinski definition) is 4. The molecular formula is C23H23ClF3NO6S. The first-order chi connectivity index (χ1) is 16.3. The lowest BCUT2D eigenvalue weighted by molar-refractivity contribution is -0.249. The van der Waals surface area contributed by atoms with Crippen molar-refractivity contribution < 1.29 is 41.7 Å². The smallest absolute Gasteiger partial charge is 0.255 e. The van der Waals surface area contributed by atoms with Crippen molar-refractivity contribution in [1.82, 2.24) is 0 Å². The van der Waals surface area contributed by atoms with Gasteiger partial charge in [0.15, 0.2) is 27.3 Å². The van der Waals surface area contributed by atoms with Crippen molar-refractivity contribution in [3.05, 3.63) is 58.4 Å². The maximum atomic E-state index is 13.4. The average molecular weight is 534 g/mol. The molecule has 2 aromatic carbocycles. The number of aliphatic hydroxyl groups is 3. The topological polar surface area (TPSA) is 124 Å². The van der Waals surface area contributed by atoms with E-state index in [9.17, 15) is 41.7 Å². The van der Waals surface area contributed by atoms with E-state index in [0.717, 1.165) is 6.07 Å². The van der Waals surface area contributed by atoms with E-state index in [-0.39, 0.29) is 34.0 Å². The van der Waals surface area contributed by atoms with Gasteiger partial charge in [0.1, 0.15) is 6.10 Å². The van der Waals surface area contributed by atoms with Crippen molar-refractivity contribution >= 4 is 33.0 Å². The fraction of sp³-hybridized carbons (Fsp3) is 0.435. The largest absolute Gasteiger partial charge is 0.391 e. The number of amides is 1. The van der Waals surface area contributed by atoms with E-state index >= 15 is 0 Å². The van der Waals surface area contributed by atoms with Gasteiger partial charge in [0, 0.05) is 23.4 Å². The second-order valence-electron chi connectivity index (χ2n) is 9.19. The lowest BCUT2D eigenvalue weighted by atomic mass is 9.51. The third-order valence-corrected chi connectivity index (χ3v) is 9.74. The molecule has 190 valence electrons. The van der Waals surface area contributed by atoms with E-state index in [1.165, 1.54) is 19.1 Å². The van der Waals surface area contributed by atoms with Crippen molar-refractivity contribution in [3.63, 3.8) is 0 Å². The van der Waals surface area contributed by atoms with Crippen LogP contribution in [-0.2, 0) is 9.84 Å². The van der Waals surface area contributed by atoms with Crippen LogP contribution in [0.5, 0.6) is 0 Å². The summed E-state index contributed by atoms with van der Waals surface area (Å²) in [6.45, 7) is 1.34. The highest BCUT2D eigenvalue weighted by molar-refractivity contribution is 7.92. The molecule has 2 aromatic rings. The highest BCUT2D eigenvalue weighted by Gasteiger charge is 2.63. The molecule has 0 spiro atoms. The van der Waals surface area contributed by atoms with Gasteiger partial charge in [-0.2, -0.15) is 0 Å². The van der Waals surface area contributed by atoms with Crippen LogP contribution in [0, 0.1) is 29.3 Å². The van der Waals surface area contributed by atoms with Crippen LogP contribution < -0.4 is 5.32 Å². The van der Waals surface area contributed by atoms with Gasteiger partial charge in [0.2, 0.25) is 0 Å². The van der Waals surface area contributed by atoms with Crippen molar-refractivity contribution in [1.29, 1.82) is 0 Å². The first kappa shape index (κ1) is 25.9. The van der Waals surface area contributed by atoms with Crippen molar-refractivity contribution in [2.24, 2.45) is 11.8 Å². The van der Waals surface area contributed by atoms with Crippen LogP contribution in [0.25, 0.3) is 0 Å². The highest BCUT2D eigenvalue weighted by atomic mass is 35.5. The maximum absolute atomic E-state index is 13.4. The van der Waals surface area contributed by atoms with E-state index in [1.54, 1.807) is 0 Å². The number of carbonyl (C=O) groups is 1. The van der Waals surface area contributed by atoms with Crippen LogP contribution in [0.2, 0.25) is 5.02 Å². The van der Waals surface area contributed by atoms with Gasteiger partial charge in [0.25, 0.3) is 5.91 Å². The molecule has 1 amide bonds.